The van der Waals surface area contributed by atoms with Crippen LogP contribution in [-0.4, -0.2) is 33.6 Å². The minimum absolute atomic E-state index is 0.000909. The van der Waals surface area contributed by atoms with Crippen LogP contribution in [0.5, 0.6) is 0 Å². The number of rotatable bonds is 9. The van der Waals surface area contributed by atoms with Crippen molar-refractivity contribution in [3.8, 4) is 0 Å². The van der Waals surface area contributed by atoms with Crippen molar-refractivity contribution in [3.63, 3.8) is 0 Å². The molecule has 0 aliphatic carbocycles. The fourth-order valence-electron chi connectivity index (χ4n) is 2.59. The quantitative estimate of drug-likeness (QED) is 0.681. The Morgan fingerprint density at radius 3 is 2.54 bits per heavy atom. The molecule has 3 amide bonds. The molecule has 0 aromatic carbocycles. The van der Waals surface area contributed by atoms with Crippen LogP contribution in [0.4, 0.5) is 5.13 Å². The highest BCUT2D eigenvalue weighted by Crippen LogP contribution is 2.20. The molecule has 0 spiro atoms. The topological polar surface area (TPSA) is 105 Å². The van der Waals surface area contributed by atoms with Gasteiger partial charge in [-0.05, 0) is 17.4 Å². The normalized spacial score (nSPS) is 12.0. The molecular formula is C17H22N4O3S2. The zero-order chi connectivity index (χ0) is 19.1. The molecule has 0 saturated carbocycles. The Kier molecular flexibility index (Phi) is 7.28. The molecule has 0 aliphatic heterocycles. The highest BCUT2D eigenvalue weighted by atomic mass is 32.1. The fourth-order valence-corrected chi connectivity index (χ4v) is 3.83. The van der Waals surface area contributed by atoms with E-state index in [1.54, 1.807) is 11.6 Å². The van der Waals surface area contributed by atoms with Crippen molar-refractivity contribution in [1.82, 2.24) is 9.88 Å². The van der Waals surface area contributed by atoms with Crippen LogP contribution in [-0.2, 0) is 20.9 Å². The molecular weight excluding hydrogens is 372 g/mol. The molecule has 2 aromatic heterocycles. The summed E-state index contributed by atoms with van der Waals surface area (Å²) in [4.78, 5) is 43.1. The molecule has 0 fully saturated rings. The van der Waals surface area contributed by atoms with Crippen LogP contribution in [0, 0.1) is 5.92 Å². The van der Waals surface area contributed by atoms with Crippen LogP contribution >= 0.6 is 22.7 Å². The molecule has 0 bridgehead atoms. The third-order valence-corrected chi connectivity index (χ3v) is 5.28. The molecule has 2 heterocycles. The van der Waals surface area contributed by atoms with Crippen molar-refractivity contribution < 1.29 is 14.4 Å². The first-order chi connectivity index (χ1) is 12.4. The van der Waals surface area contributed by atoms with E-state index in [0.717, 1.165) is 4.88 Å². The summed E-state index contributed by atoms with van der Waals surface area (Å²) in [6.45, 7) is 4.00. The van der Waals surface area contributed by atoms with Crippen molar-refractivity contribution in [2.24, 2.45) is 11.7 Å². The van der Waals surface area contributed by atoms with Gasteiger partial charge in [-0.25, -0.2) is 4.98 Å². The molecule has 26 heavy (non-hydrogen) atoms. The van der Waals surface area contributed by atoms with Gasteiger partial charge in [0.2, 0.25) is 17.7 Å². The van der Waals surface area contributed by atoms with Gasteiger partial charge in [0.25, 0.3) is 0 Å². The van der Waals surface area contributed by atoms with E-state index in [1.165, 1.54) is 27.6 Å². The summed E-state index contributed by atoms with van der Waals surface area (Å²) in [5, 5.41) is 6.80. The predicted octanol–water partition coefficient (Wildman–Crippen LogP) is 2.46. The lowest BCUT2D eigenvalue weighted by Crippen LogP contribution is -2.50. The zero-order valence-electron chi connectivity index (χ0n) is 14.7. The fraction of sp³-hybridized carbons (Fsp3) is 0.412. The highest BCUT2D eigenvalue weighted by Gasteiger charge is 2.31. The number of carbonyl (C=O) groups excluding carboxylic acids is 3. The number of nitrogens with zero attached hydrogens (tertiary/aromatic N) is 2. The van der Waals surface area contributed by atoms with Gasteiger partial charge < -0.3 is 16.0 Å². The second kappa shape index (κ2) is 9.44. The van der Waals surface area contributed by atoms with E-state index in [2.05, 4.69) is 10.3 Å². The Labute approximate surface area is 160 Å². The molecule has 7 nitrogen and oxygen atoms in total. The van der Waals surface area contributed by atoms with E-state index in [0.29, 0.717) is 11.7 Å². The van der Waals surface area contributed by atoms with Crippen LogP contribution in [0.2, 0.25) is 0 Å². The lowest BCUT2D eigenvalue weighted by molar-refractivity contribution is -0.142. The van der Waals surface area contributed by atoms with Crippen molar-refractivity contribution in [1.29, 1.82) is 0 Å². The monoisotopic (exact) mass is 394 g/mol. The average Bonchev–Trinajstić information content (AvgIpc) is 3.25. The molecule has 0 radical (unpaired) electrons. The lowest BCUT2D eigenvalue weighted by atomic mass is 10.0. The van der Waals surface area contributed by atoms with Crippen LogP contribution in [0.25, 0.3) is 0 Å². The van der Waals surface area contributed by atoms with Crippen molar-refractivity contribution in [3.05, 3.63) is 34.0 Å². The van der Waals surface area contributed by atoms with E-state index in [-0.39, 0.29) is 30.6 Å². The van der Waals surface area contributed by atoms with Gasteiger partial charge in [-0.15, -0.1) is 22.7 Å². The zero-order valence-corrected chi connectivity index (χ0v) is 16.3. The maximum Gasteiger partial charge on any atom is 0.240 e. The van der Waals surface area contributed by atoms with E-state index < -0.39 is 11.9 Å². The minimum atomic E-state index is -0.716. The summed E-state index contributed by atoms with van der Waals surface area (Å²) in [6, 6.07) is 3.07. The van der Waals surface area contributed by atoms with Gasteiger partial charge in [-0.1, -0.05) is 19.9 Å². The van der Waals surface area contributed by atoms with Gasteiger partial charge in [-0.2, -0.15) is 0 Å². The standard InChI is InChI=1S/C17H22N4O3S2/c1-11(2)15(16(18)24)21(10-12-4-3-8-25-12)14(23)6-5-13(22)20-17-19-7-9-26-17/h3-4,7-9,11,15H,5-6,10H2,1-2H3,(H2,18,24)(H,19,20,22). The molecule has 1 atom stereocenters. The van der Waals surface area contributed by atoms with Crippen LogP contribution < -0.4 is 11.1 Å². The maximum absolute atomic E-state index is 12.8. The summed E-state index contributed by atoms with van der Waals surface area (Å²) in [6.07, 6.45) is 1.61. The van der Waals surface area contributed by atoms with E-state index in [9.17, 15) is 14.4 Å². The molecule has 0 aliphatic rings. The first-order valence-corrected chi connectivity index (χ1v) is 9.95. The molecule has 1 unspecified atom stereocenters. The van der Waals surface area contributed by atoms with Crippen molar-refractivity contribution in [2.75, 3.05) is 5.32 Å². The summed E-state index contributed by atoms with van der Waals surface area (Å²) >= 11 is 2.81. The van der Waals surface area contributed by atoms with Gasteiger partial charge >= 0.3 is 0 Å². The summed E-state index contributed by atoms with van der Waals surface area (Å²) in [5.74, 6) is -1.23. The number of nitrogens with one attached hydrogen (secondary N) is 1. The summed E-state index contributed by atoms with van der Waals surface area (Å²) < 4.78 is 0. The van der Waals surface area contributed by atoms with Crippen molar-refractivity contribution >= 4 is 45.5 Å². The second-order valence-corrected chi connectivity index (χ2v) is 8.00. The molecule has 9 heteroatoms. The average molecular weight is 395 g/mol. The number of amides is 3. The Morgan fingerprint density at radius 1 is 1.23 bits per heavy atom. The van der Waals surface area contributed by atoms with Gasteiger partial charge in [0.05, 0.1) is 6.54 Å². The molecule has 0 saturated heterocycles. The van der Waals surface area contributed by atoms with E-state index >= 15 is 0 Å². The van der Waals surface area contributed by atoms with Gasteiger partial charge in [0.1, 0.15) is 6.04 Å². The van der Waals surface area contributed by atoms with Gasteiger partial charge in [0.15, 0.2) is 5.13 Å². The Balaban J connectivity index is 2.04. The molecule has 2 aromatic rings. The Bertz CT molecular complexity index is 729. The lowest BCUT2D eigenvalue weighted by Gasteiger charge is -2.32. The number of hydrogen-bond donors (Lipinski definition) is 2. The highest BCUT2D eigenvalue weighted by molar-refractivity contribution is 7.13. The van der Waals surface area contributed by atoms with Crippen LogP contribution in [0.15, 0.2) is 29.1 Å². The van der Waals surface area contributed by atoms with Gasteiger partial charge in [-0.3, -0.25) is 14.4 Å². The van der Waals surface area contributed by atoms with Crippen molar-refractivity contribution in [2.45, 2.75) is 39.3 Å². The van der Waals surface area contributed by atoms with E-state index in [4.69, 9.17) is 5.73 Å². The minimum Gasteiger partial charge on any atom is -0.368 e. The smallest absolute Gasteiger partial charge is 0.240 e. The number of thiazole rings is 1. The first-order valence-electron chi connectivity index (χ1n) is 8.19. The maximum atomic E-state index is 12.8. The molecule has 3 N–H and O–H groups in total. The number of primary amides is 1. The SMILES string of the molecule is CC(C)C(C(N)=O)N(Cc1cccs1)C(=O)CCC(=O)Nc1nccs1. The number of carbonyl (C=O) groups is 3. The number of anilines is 1. The predicted molar refractivity (Wildman–Crippen MR) is 103 cm³/mol. The first kappa shape index (κ1) is 20.1. The van der Waals surface area contributed by atoms with Crippen LogP contribution in [0.1, 0.15) is 31.6 Å². The number of thiophene rings is 1. The summed E-state index contributed by atoms with van der Waals surface area (Å²) in [5.41, 5.74) is 5.54. The van der Waals surface area contributed by atoms with Crippen LogP contribution in [0.3, 0.4) is 0 Å². The third-order valence-electron chi connectivity index (χ3n) is 3.73. The summed E-state index contributed by atoms with van der Waals surface area (Å²) in [7, 11) is 0. The number of nitrogens with two attached hydrogens (primary N) is 1. The third kappa shape index (κ3) is 5.63. The number of aromatic nitrogens is 1. The van der Waals surface area contributed by atoms with Gasteiger partial charge in [0, 0.05) is 29.3 Å². The molecule has 140 valence electrons. The second-order valence-electron chi connectivity index (χ2n) is 6.08. The van der Waals surface area contributed by atoms with E-state index in [1.807, 2.05) is 31.4 Å². The largest absolute Gasteiger partial charge is 0.368 e. The Morgan fingerprint density at radius 2 is 2.00 bits per heavy atom. The Hall–Kier alpha value is -2.26. The number of hydrogen-bond acceptors (Lipinski definition) is 6. The molecule has 2 rings (SSSR count).